The number of anilines is 1. The van der Waals surface area contributed by atoms with Crippen LogP contribution in [0.1, 0.15) is 32.8 Å². The second kappa shape index (κ2) is 6.73. The lowest BCUT2D eigenvalue weighted by Gasteiger charge is -2.38. The molecule has 0 unspecified atom stereocenters. The van der Waals surface area contributed by atoms with Gasteiger partial charge in [0.05, 0.1) is 17.3 Å². The Balaban J connectivity index is 2.04. The molecule has 1 fully saturated rings. The molecule has 1 aromatic carbocycles. The lowest BCUT2D eigenvalue weighted by molar-refractivity contribution is -0.121. The summed E-state index contributed by atoms with van der Waals surface area (Å²) in [7, 11) is 0. The zero-order valence-corrected chi connectivity index (χ0v) is 13.0. The Morgan fingerprint density at radius 2 is 1.95 bits per heavy atom. The quantitative estimate of drug-likeness (QED) is 0.929. The first-order valence-corrected chi connectivity index (χ1v) is 7.55. The molecule has 112 valence electrons. The summed E-state index contributed by atoms with van der Waals surface area (Å²) in [4.78, 5) is 14.7. The summed E-state index contributed by atoms with van der Waals surface area (Å²) >= 11 is 0. The van der Waals surface area contributed by atoms with Gasteiger partial charge in [0.2, 0.25) is 5.91 Å². The number of rotatable bonds is 3. The van der Waals surface area contributed by atoms with Gasteiger partial charge in [-0.2, -0.15) is 5.26 Å². The normalized spacial score (nSPS) is 24.1. The first-order chi connectivity index (χ1) is 10.0. The molecule has 1 N–H and O–H groups in total. The van der Waals surface area contributed by atoms with E-state index in [-0.39, 0.29) is 11.9 Å². The highest BCUT2D eigenvalue weighted by Crippen LogP contribution is 2.23. The van der Waals surface area contributed by atoms with E-state index in [0.717, 1.165) is 13.1 Å². The number of nitriles is 1. The molecule has 1 aliphatic rings. The highest BCUT2D eigenvalue weighted by atomic mass is 16.2. The first kappa shape index (κ1) is 15.5. The maximum Gasteiger partial charge on any atom is 0.241 e. The van der Waals surface area contributed by atoms with Crippen LogP contribution in [0.4, 0.5) is 5.69 Å². The predicted molar refractivity (Wildman–Crippen MR) is 83.8 cm³/mol. The predicted octanol–water partition coefficient (Wildman–Crippen LogP) is 2.86. The average molecular weight is 285 g/mol. The Hall–Kier alpha value is -1.86. The van der Waals surface area contributed by atoms with Gasteiger partial charge in [-0.3, -0.25) is 9.69 Å². The molecular formula is C17H23N3O. The molecule has 0 saturated carbocycles. The van der Waals surface area contributed by atoms with Gasteiger partial charge >= 0.3 is 0 Å². The fourth-order valence-electron chi connectivity index (χ4n) is 3.12. The van der Waals surface area contributed by atoms with Crippen LogP contribution < -0.4 is 5.32 Å². The number of hydrogen-bond donors (Lipinski definition) is 1. The minimum Gasteiger partial charge on any atom is -0.324 e. The fourth-order valence-corrected chi connectivity index (χ4v) is 3.12. The van der Waals surface area contributed by atoms with Gasteiger partial charge in [0.15, 0.2) is 0 Å². The van der Waals surface area contributed by atoms with Gasteiger partial charge in [-0.15, -0.1) is 0 Å². The second-order valence-corrected chi connectivity index (χ2v) is 6.22. The topological polar surface area (TPSA) is 56.1 Å². The van der Waals surface area contributed by atoms with Crippen LogP contribution in [0.25, 0.3) is 0 Å². The van der Waals surface area contributed by atoms with Crippen LogP contribution >= 0.6 is 0 Å². The third-order valence-corrected chi connectivity index (χ3v) is 4.13. The summed E-state index contributed by atoms with van der Waals surface area (Å²) in [6.45, 7) is 8.32. The number of likely N-dealkylation sites (tertiary alicyclic amines) is 1. The molecule has 0 radical (unpaired) electrons. The van der Waals surface area contributed by atoms with Crippen molar-refractivity contribution in [1.82, 2.24) is 4.90 Å². The monoisotopic (exact) mass is 285 g/mol. The Bertz CT molecular complexity index is 539. The summed E-state index contributed by atoms with van der Waals surface area (Å²) < 4.78 is 0. The molecule has 3 atom stereocenters. The van der Waals surface area contributed by atoms with E-state index < -0.39 is 0 Å². The smallest absolute Gasteiger partial charge is 0.241 e. The fraction of sp³-hybridized carbons (Fsp3) is 0.529. The van der Waals surface area contributed by atoms with Crippen molar-refractivity contribution in [2.75, 3.05) is 18.4 Å². The zero-order valence-electron chi connectivity index (χ0n) is 13.0. The lowest BCUT2D eigenvalue weighted by atomic mass is 9.91. The average Bonchev–Trinajstić information content (AvgIpc) is 2.46. The summed E-state index contributed by atoms with van der Waals surface area (Å²) in [5.41, 5.74) is 1.09. The molecule has 1 aliphatic heterocycles. The SMILES string of the molecule is C[C@H]1C[C@H](C)CN([C@@H](C)C(=O)Nc2ccccc2C#N)C1. The maximum absolute atomic E-state index is 12.4. The van der Waals surface area contributed by atoms with Crippen LogP contribution in [-0.2, 0) is 4.79 Å². The van der Waals surface area contributed by atoms with Gasteiger partial charge < -0.3 is 5.32 Å². The van der Waals surface area contributed by atoms with Crippen LogP contribution in [0, 0.1) is 23.2 Å². The number of amides is 1. The van der Waals surface area contributed by atoms with Crippen molar-refractivity contribution in [1.29, 1.82) is 5.26 Å². The van der Waals surface area contributed by atoms with Crippen LogP contribution in [0.3, 0.4) is 0 Å². The first-order valence-electron chi connectivity index (χ1n) is 7.55. The molecule has 1 amide bonds. The van der Waals surface area contributed by atoms with Crippen molar-refractivity contribution in [2.45, 2.75) is 33.2 Å². The van der Waals surface area contributed by atoms with E-state index in [0.29, 0.717) is 23.1 Å². The third-order valence-electron chi connectivity index (χ3n) is 4.13. The number of para-hydroxylation sites is 1. The van der Waals surface area contributed by atoms with E-state index in [4.69, 9.17) is 5.26 Å². The largest absolute Gasteiger partial charge is 0.324 e. The summed E-state index contributed by atoms with van der Waals surface area (Å²) in [5.74, 6) is 1.20. The highest BCUT2D eigenvalue weighted by Gasteiger charge is 2.28. The van der Waals surface area contributed by atoms with E-state index in [1.807, 2.05) is 13.0 Å². The number of nitrogens with zero attached hydrogens (tertiary/aromatic N) is 2. The van der Waals surface area contributed by atoms with Gasteiger partial charge in [0.25, 0.3) is 0 Å². The van der Waals surface area contributed by atoms with Crippen LogP contribution in [-0.4, -0.2) is 29.9 Å². The number of carbonyl (C=O) groups excluding carboxylic acids is 1. The molecule has 0 aromatic heterocycles. The summed E-state index contributed by atoms with van der Waals surface area (Å²) in [6, 6.07) is 9.03. The molecule has 2 rings (SSSR count). The van der Waals surface area contributed by atoms with Crippen LogP contribution in [0.2, 0.25) is 0 Å². The second-order valence-electron chi connectivity index (χ2n) is 6.22. The third kappa shape index (κ3) is 3.83. The van der Waals surface area contributed by atoms with E-state index in [2.05, 4.69) is 30.1 Å². The van der Waals surface area contributed by atoms with E-state index >= 15 is 0 Å². The minimum absolute atomic E-state index is 0.0426. The standard InChI is InChI=1S/C17H23N3O/c1-12-8-13(2)11-20(10-12)14(3)17(21)19-16-7-5-4-6-15(16)9-18/h4-7,12-14H,8,10-11H2,1-3H3,(H,19,21)/t12-,13-,14-/m0/s1. The van der Waals surface area contributed by atoms with Gasteiger partial charge in [-0.05, 0) is 37.3 Å². The van der Waals surface area contributed by atoms with Crippen molar-refractivity contribution < 1.29 is 4.79 Å². The Morgan fingerprint density at radius 3 is 2.57 bits per heavy atom. The molecule has 21 heavy (non-hydrogen) atoms. The molecule has 1 saturated heterocycles. The number of benzene rings is 1. The molecule has 4 heteroatoms. The van der Waals surface area contributed by atoms with E-state index in [1.165, 1.54) is 6.42 Å². The van der Waals surface area contributed by atoms with Gasteiger partial charge in [-0.1, -0.05) is 26.0 Å². The van der Waals surface area contributed by atoms with Gasteiger partial charge in [0.1, 0.15) is 6.07 Å². The minimum atomic E-state index is -0.179. The molecule has 1 aromatic rings. The van der Waals surface area contributed by atoms with Crippen molar-refractivity contribution in [2.24, 2.45) is 11.8 Å². The Kier molecular flexibility index (Phi) is 4.98. The Morgan fingerprint density at radius 1 is 1.33 bits per heavy atom. The number of carbonyl (C=O) groups is 1. The molecular weight excluding hydrogens is 262 g/mol. The van der Waals surface area contributed by atoms with Crippen molar-refractivity contribution in [3.63, 3.8) is 0 Å². The molecule has 1 heterocycles. The molecule has 0 spiro atoms. The summed E-state index contributed by atoms with van der Waals surface area (Å²) in [6.07, 6.45) is 1.22. The lowest BCUT2D eigenvalue weighted by Crippen LogP contribution is -2.48. The Labute approximate surface area is 126 Å². The molecule has 0 bridgehead atoms. The molecule has 4 nitrogen and oxygen atoms in total. The number of piperidine rings is 1. The zero-order chi connectivity index (χ0) is 15.4. The highest BCUT2D eigenvalue weighted by molar-refractivity contribution is 5.95. The van der Waals surface area contributed by atoms with Crippen molar-refractivity contribution in [3.8, 4) is 6.07 Å². The van der Waals surface area contributed by atoms with E-state index in [9.17, 15) is 4.79 Å². The van der Waals surface area contributed by atoms with E-state index in [1.54, 1.807) is 18.2 Å². The number of nitrogens with one attached hydrogen (secondary N) is 1. The van der Waals surface area contributed by atoms with Crippen LogP contribution in [0.15, 0.2) is 24.3 Å². The van der Waals surface area contributed by atoms with Crippen LogP contribution in [0.5, 0.6) is 0 Å². The number of hydrogen-bond acceptors (Lipinski definition) is 3. The summed E-state index contributed by atoms with van der Waals surface area (Å²) in [5, 5.41) is 12.0. The maximum atomic E-state index is 12.4. The van der Waals surface area contributed by atoms with Gasteiger partial charge in [-0.25, -0.2) is 0 Å². The van der Waals surface area contributed by atoms with Crippen molar-refractivity contribution >= 4 is 11.6 Å². The van der Waals surface area contributed by atoms with Crippen molar-refractivity contribution in [3.05, 3.63) is 29.8 Å². The van der Waals surface area contributed by atoms with Gasteiger partial charge in [0, 0.05) is 13.1 Å². The molecule has 0 aliphatic carbocycles.